The molecule has 34 heavy (non-hydrogen) atoms. The average molecular weight is 475 g/mol. The zero-order valence-corrected chi connectivity index (χ0v) is 21.0. The van der Waals surface area contributed by atoms with Crippen molar-refractivity contribution in [3.63, 3.8) is 0 Å². The number of nitrogens with one attached hydrogen (secondary N) is 1. The number of halogens is 1. The molecular weight excluding hydrogens is 440 g/mol. The van der Waals surface area contributed by atoms with E-state index in [9.17, 15) is 4.79 Å². The number of amides is 1. The molecule has 0 bridgehead atoms. The quantitative estimate of drug-likeness (QED) is 0.383. The van der Waals surface area contributed by atoms with Crippen molar-refractivity contribution in [3.05, 3.63) is 106 Å². The van der Waals surface area contributed by atoms with Gasteiger partial charge in [0.25, 0.3) is 5.91 Å². The summed E-state index contributed by atoms with van der Waals surface area (Å²) < 4.78 is 0. The van der Waals surface area contributed by atoms with E-state index >= 15 is 0 Å². The Bertz CT molecular complexity index is 1080. The molecule has 1 aliphatic heterocycles. The molecule has 1 aliphatic rings. The third-order valence-corrected chi connectivity index (χ3v) is 7.14. The molecule has 0 radical (unpaired) electrons. The monoisotopic (exact) mass is 474 g/mol. The first-order valence-electron chi connectivity index (χ1n) is 12.4. The number of hydrogen-bond acceptors (Lipinski definition) is 2. The van der Waals surface area contributed by atoms with Crippen LogP contribution in [0.3, 0.4) is 0 Å². The fourth-order valence-corrected chi connectivity index (χ4v) is 5.36. The first-order valence-corrected chi connectivity index (χ1v) is 12.8. The second-order valence-corrected chi connectivity index (χ2v) is 10.00. The summed E-state index contributed by atoms with van der Waals surface area (Å²) in [6.45, 7) is 5.86. The lowest BCUT2D eigenvalue weighted by Crippen LogP contribution is -2.52. The molecule has 0 unspecified atom stereocenters. The number of rotatable bonds is 8. The van der Waals surface area contributed by atoms with Gasteiger partial charge in [-0.15, -0.1) is 0 Å². The smallest absolute Gasteiger partial charge is 0.254 e. The topological polar surface area (TPSA) is 32.3 Å². The molecule has 4 rings (SSSR count). The van der Waals surface area contributed by atoms with E-state index in [0.29, 0.717) is 6.04 Å². The van der Waals surface area contributed by atoms with Gasteiger partial charge in [-0.3, -0.25) is 4.79 Å². The predicted molar refractivity (Wildman–Crippen MR) is 142 cm³/mol. The molecule has 0 aliphatic carbocycles. The minimum absolute atomic E-state index is 0.157. The van der Waals surface area contributed by atoms with Crippen LogP contribution in [0, 0.1) is 13.8 Å². The molecule has 1 amide bonds. The number of hydrogen-bond donors (Lipinski definition) is 1. The number of carbonyl (C=O) groups is 1. The van der Waals surface area contributed by atoms with Gasteiger partial charge in [0, 0.05) is 29.2 Å². The van der Waals surface area contributed by atoms with Crippen molar-refractivity contribution in [2.75, 3.05) is 13.1 Å². The zero-order chi connectivity index (χ0) is 23.9. The molecule has 4 heteroatoms. The normalized spacial score (nSPS) is 18.1. The van der Waals surface area contributed by atoms with Crippen LogP contribution in [0.25, 0.3) is 0 Å². The van der Waals surface area contributed by atoms with Crippen LogP contribution >= 0.6 is 11.6 Å². The van der Waals surface area contributed by atoms with Crippen molar-refractivity contribution >= 4 is 17.5 Å². The Hall–Kier alpha value is -2.62. The van der Waals surface area contributed by atoms with Crippen molar-refractivity contribution in [3.8, 4) is 0 Å². The minimum Gasteiger partial charge on any atom is -0.335 e. The highest BCUT2D eigenvalue weighted by molar-refractivity contribution is 6.31. The molecule has 3 nitrogen and oxygen atoms in total. The maximum absolute atomic E-state index is 13.6. The van der Waals surface area contributed by atoms with Crippen molar-refractivity contribution in [2.24, 2.45) is 0 Å². The number of likely N-dealkylation sites (tertiary alicyclic amines) is 1. The van der Waals surface area contributed by atoms with Gasteiger partial charge in [0.15, 0.2) is 0 Å². The summed E-state index contributed by atoms with van der Waals surface area (Å²) >= 11 is 6.31. The van der Waals surface area contributed by atoms with Gasteiger partial charge in [-0.1, -0.05) is 77.3 Å². The molecule has 1 N–H and O–H groups in total. The number of benzene rings is 3. The third-order valence-electron chi connectivity index (χ3n) is 6.77. The van der Waals surface area contributed by atoms with Crippen molar-refractivity contribution in [1.29, 1.82) is 0 Å². The van der Waals surface area contributed by atoms with E-state index in [4.69, 9.17) is 11.6 Å². The third kappa shape index (κ3) is 6.49. The van der Waals surface area contributed by atoms with Crippen LogP contribution in [-0.4, -0.2) is 36.0 Å². The van der Waals surface area contributed by atoms with Crippen LogP contribution in [0.5, 0.6) is 0 Å². The van der Waals surface area contributed by atoms with E-state index < -0.39 is 0 Å². The lowest BCUT2D eigenvalue weighted by molar-refractivity contribution is 0.0577. The summed E-state index contributed by atoms with van der Waals surface area (Å²) in [6, 6.07) is 25.4. The Balaban J connectivity index is 1.40. The van der Waals surface area contributed by atoms with Gasteiger partial charge in [-0.05, 0) is 81.8 Å². The molecule has 0 aromatic heterocycles. The molecule has 3 aromatic carbocycles. The number of piperidine rings is 1. The average Bonchev–Trinajstić information content (AvgIpc) is 2.83. The molecule has 0 spiro atoms. The van der Waals surface area contributed by atoms with Gasteiger partial charge in [0.05, 0.1) is 0 Å². The van der Waals surface area contributed by atoms with Crippen LogP contribution in [-0.2, 0) is 12.8 Å². The van der Waals surface area contributed by atoms with Gasteiger partial charge in [0.2, 0.25) is 0 Å². The summed E-state index contributed by atoms with van der Waals surface area (Å²) in [7, 11) is 0. The van der Waals surface area contributed by atoms with E-state index in [1.165, 1.54) is 11.1 Å². The maximum atomic E-state index is 13.6. The van der Waals surface area contributed by atoms with Gasteiger partial charge in [-0.25, -0.2) is 0 Å². The predicted octanol–water partition coefficient (Wildman–Crippen LogP) is 6.40. The molecular formula is C30H35ClN2O. The molecule has 1 fully saturated rings. The van der Waals surface area contributed by atoms with E-state index in [2.05, 4.69) is 60.5 Å². The summed E-state index contributed by atoms with van der Waals surface area (Å²) in [4.78, 5) is 15.7. The molecule has 3 aromatic rings. The van der Waals surface area contributed by atoms with Gasteiger partial charge in [0.1, 0.15) is 0 Å². The van der Waals surface area contributed by atoms with Gasteiger partial charge in [-0.2, -0.15) is 0 Å². The van der Waals surface area contributed by atoms with Crippen LogP contribution in [0.4, 0.5) is 0 Å². The Morgan fingerprint density at radius 3 is 2.44 bits per heavy atom. The highest BCUT2D eigenvalue weighted by Crippen LogP contribution is 2.25. The van der Waals surface area contributed by atoms with E-state index in [0.717, 1.165) is 66.9 Å². The number of nitrogens with zero attached hydrogens (tertiary/aromatic N) is 1. The first kappa shape index (κ1) is 24.5. The second kappa shape index (κ2) is 11.7. The second-order valence-electron chi connectivity index (χ2n) is 9.59. The van der Waals surface area contributed by atoms with Gasteiger partial charge < -0.3 is 10.2 Å². The van der Waals surface area contributed by atoms with Crippen LogP contribution in [0.2, 0.25) is 5.02 Å². The van der Waals surface area contributed by atoms with E-state index in [-0.39, 0.29) is 11.9 Å². The molecule has 2 atom stereocenters. The standard InChI is InChI=1S/C30H35ClN2O/c1-22-17-23(2)19-26(18-22)30(34)33-16-14-27(21-28(33)20-24-9-4-3-5-10-24)32-15-8-12-25-11-6-7-13-29(25)31/h3-7,9-11,13,17-19,27-28,32H,8,12,14-16,20-21H2,1-2H3/t27-,28-/m0/s1. The first-order chi connectivity index (χ1) is 16.5. The highest BCUT2D eigenvalue weighted by atomic mass is 35.5. The molecule has 1 heterocycles. The summed E-state index contributed by atoms with van der Waals surface area (Å²) in [5.41, 5.74) is 5.57. The summed E-state index contributed by atoms with van der Waals surface area (Å²) in [6.07, 6.45) is 4.86. The highest BCUT2D eigenvalue weighted by Gasteiger charge is 2.32. The fraction of sp³-hybridized carbons (Fsp3) is 0.367. The Morgan fingerprint density at radius 1 is 1.00 bits per heavy atom. The Labute approximate surface area is 209 Å². The van der Waals surface area contributed by atoms with Gasteiger partial charge >= 0.3 is 0 Å². The van der Waals surface area contributed by atoms with E-state index in [1.54, 1.807) is 0 Å². The summed E-state index contributed by atoms with van der Waals surface area (Å²) in [5, 5.41) is 4.61. The fourth-order valence-electron chi connectivity index (χ4n) is 5.13. The van der Waals surface area contributed by atoms with Crippen molar-refractivity contribution < 1.29 is 4.79 Å². The SMILES string of the molecule is Cc1cc(C)cc(C(=O)N2CC[C@H](NCCCc3ccccc3Cl)C[C@@H]2Cc2ccccc2)c1. The number of aryl methyl sites for hydroxylation is 3. The number of carbonyl (C=O) groups excluding carboxylic acids is 1. The summed E-state index contributed by atoms with van der Waals surface area (Å²) in [5.74, 6) is 0.157. The van der Waals surface area contributed by atoms with Crippen LogP contribution in [0.15, 0.2) is 72.8 Å². The Kier molecular flexibility index (Phi) is 8.42. The molecule has 1 saturated heterocycles. The zero-order valence-electron chi connectivity index (χ0n) is 20.3. The largest absolute Gasteiger partial charge is 0.335 e. The van der Waals surface area contributed by atoms with E-state index in [1.807, 2.05) is 36.4 Å². The Morgan fingerprint density at radius 2 is 1.71 bits per heavy atom. The lowest BCUT2D eigenvalue weighted by Gasteiger charge is -2.40. The maximum Gasteiger partial charge on any atom is 0.254 e. The van der Waals surface area contributed by atoms with Crippen LogP contribution in [0.1, 0.15) is 51.9 Å². The van der Waals surface area contributed by atoms with Crippen LogP contribution < -0.4 is 5.32 Å². The molecule has 0 saturated carbocycles. The van der Waals surface area contributed by atoms with Crippen molar-refractivity contribution in [1.82, 2.24) is 10.2 Å². The molecule has 178 valence electrons. The minimum atomic E-state index is 0.157. The van der Waals surface area contributed by atoms with Crippen molar-refractivity contribution in [2.45, 2.75) is 58.0 Å². The lowest BCUT2D eigenvalue weighted by atomic mass is 9.91.